The molecule has 0 aliphatic carbocycles. The van der Waals surface area contributed by atoms with E-state index in [0.29, 0.717) is 39.1 Å². The summed E-state index contributed by atoms with van der Waals surface area (Å²) < 4.78 is 30.2. The molecule has 1 aromatic rings. The summed E-state index contributed by atoms with van der Waals surface area (Å²) in [5, 5.41) is -0.411. The Balaban J connectivity index is 1.75. The molecule has 0 spiro atoms. The fourth-order valence-electron chi connectivity index (χ4n) is 3.84. The molecule has 5 nitrogen and oxygen atoms in total. The number of hydrogen-bond acceptors (Lipinski definition) is 4. The molecule has 0 atom stereocenters. The van der Waals surface area contributed by atoms with Gasteiger partial charge in [0.05, 0.1) is 16.4 Å². The number of nitrogens with zero attached hydrogens (tertiary/aromatic N) is 1. The summed E-state index contributed by atoms with van der Waals surface area (Å²) in [5.74, 6) is 0.357. The first-order chi connectivity index (χ1) is 11.8. The number of ether oxygens (including phenoxy) is 1. The molecule has 2 saturated heterocycles. The molecular formula is C19H27NO4S. The highest BCUT2D eigenvalue weighted by molar-refractivity contribution is 7.92. The topological polar surface area (TPSA) is 63.7 Å². The fraction of sp³-hybridized carbons (Fsp3) is 0.632. The number of sulfone groups is 1. The smallest absolute Gasteiger partial charge is 0.233 e. The summed E-state index contributed by atoms with van der Waals surface area (Å²) in [6, 6.07) is 9.84. The third-order valence-corrected chi connectivity index (χ3v) is 7.74. The lowest BCUT2D eigenvalue weighted by atomic mass is 9.72. The van der Waals surface area contributed by atoms with Crippen molar-refractivity contribution in [3.05, 3.63) is 35.9 Å². The summed E-state index contributed by atoms with van der Waals surface area (Å²) in [5.41, 5.74) is 0.434. The first kappa shape index (κ1) is 18.4. The van der Waals surface area contributed by atoms with E-state index >= 15 is 0 Å². The van der Waals surface area contributed by atoms with Crippen molar-refractivity contribution in [1.29, 1.82) is 0 Å². The van der Waals surface area contributed by atoms with E-state index in [2.05, 4.69) is 0 Å². The number of amides is 1. The van der Waals surface area contributed by atoms with Crippen molar-refractivity contribution in [1.82, 2.24) is 4.90 Å². The number of rotatable bonds is 5. The van der Waals surface area contributed by atoms with Gasteiger partial charge in [-0.1, -0.05) is 44.2 Å². The van der Waals surface area contributed by atoms with Gasteiger partial charge in [0.15, 0.2) is 9.84 Å². The van der Waals surface area contributed by atoms with Crippen LogP contribution in [0.3, 0.4) is 0 Å². The molecule has 6 heteroatoms. The minimum absolute atomic E-state index is 0.0537. The molecular weight excluding hydrogens is 338 g/mol. The monoisotopic (exact) mass is 365 g/mol. The summed E-state index contributed by atoms with van der Waals surface area (Å²) in [6.07, 6.45) is 1.30. The van der Waals surface area contributed by atoms with Gasteiger partial charge in [0.25, 0.3) is 0 Å². The fourth-order valence-corrected chi connectivity index (χ4v) is 5.85. The molecule has 2 aliphatic heterocycles. The lowest BCUT2D eigenvalue weighted by Gasteiger charge is -2.46. The molecule has 1 amide bonds. The van der Waals surface area contributed by atoms with Crippen LogP contribution in [0.15, 0.2) is 30.3 Å². The van der Waals surface area contributed by atoms with Crippen LogP contribution in [0, 0.1) is 5.92 Å². The highest BCUT2D eigenvalue weighted by Gasteiger charge is 2.49. The van der Waals surface area contributed by atoms with Crippen LogP contribution in [0.25, 0.3) is 0 Å². The van der Waals surface area contributed by atoms with Crippen LogP contribution < -0.4 is 0 Å². The maximum atomic E-state index is 13.3. The maximum absolute atomic E-state index is 13.3. The number of carbonyl (C=O) groups excluding carboxylic acids is 1. The van der Waals surface area contributed by atoms with Gasteiger partial charge in [-0.25, -0.2) is 8.42 Å². The average Bonchev–Trinajstić information content (AvgIpc) is 2.53. The van der Waals surface area contributed by atoms with Gasteiger partial charge >= 0.3 is 0 Å². The van der Waals surface area contributed by atoms with Crippen LogP contribution >= 0.6 is 0 Å². The molecule has 0 N–H and O–H groups in total. The van der Waals surface area contributed by atoms with Crippen LogP contribution in [-0.2, 0) is 24.8 Å². The second kappa shape index (κ2) is 7.08. The quantitative estimate of drug-likeness (QED) is 0.801. The second-order valence-corrected chi connectivity index (χ2v) is 9.94. The van der Waals surface area contributed by atoms with Gasteiger partial charge in [0.2, 0.25) is 5.91 Å². The molecule has 0 unspecified atom stereocenters. The number of benzene rings is 1. The first-order valence-corrected chi connectivity index (χ1v) is 10.7. The standard InChI is InChI=1S/C19H27NO4S/c1-15(2)14-25(22,23)17-12-20(13-17)18(21)19(8-10-24-11-9-19)16-6-4-3-5-7-16/h3-7,15,17H,8-14H2,1-2H3. The van der Waals surface area contributed by atoms with Crippen molar-refractivity contribution in [3.8, 4) is 0 Å². The normalized spacial score (nSPS) is 21.2. The van der Waals surface area contributed by atoms with Crippen LogP contribution in [-0.4, -0.2) is 56.5 Å². The minimum Gasteiger partial charge on any atom is -0.381 e. The Morgan fingerprint density at radius 3 is 2.36 bits per heavy atom. The first-order valence-electron chi connectivity index (χ1n) is 8.99. The number of hydrogen-bond donors (Lipinski definition) is 0. The largest absolute Gasteiger partial charge is 0.381 e. The number of carbonyl (C=O) groups is 1. The highest BCUT2D eigenvalue weighted by atomic mass is 32.2. The molecule has 2 aliphatic rings. The predicted molar refractivity (Wildman–Crippen MR) is 97.2 cm³/mol. The molecule has 0 radical (unpaired) electrons. The Morgan fingerprint density at radius 1 is 1.20 bits per heavy atom. The molecule has 2 fully saturated rings. The molecule has 0 aromatic heterocycles. The van der Waals surface area contributed by atoms with E-state index in [0.717, 1.165) is 5.56 Å². The Labute approximate surface area is 150 Å². The SMILES string of the molecule is CC(C)CS(=O)(=O)C1CN(C(=O)C2(c3ccccc3)CCOCC2)C1. The van der Waals surface area contributed by atoms with E-state index in [-0.39, 0.29) is 17.6 Å². The Hall–Kier alpha value is -1.40. The van der Waals surface area contributed by atoms with Crippen molar-refractivity contribution in [2.24, 2.45) is 5.92 Å². The van der Waals surface area contributed by atoms with Gasteiger partial charge in [-0.05, 0) is 24.3 Å². The zero-order chi connectivity index (χ0) is 18.1. The summed E-state index contributed by atoms with van der Waals surface area (Å²) in [7, 11) is -3.12. The van der Waals surface area contributed by atoms with Crippen molar-refractivity contribution >= 4 is 15.7 Å². The molecule has 138 valence electrons. The minimum atomic E-state index is -3.12. The summed E-state index contributed by atoms with van der Waals surface area (Å²) in [4.78, 5) is 15.0. The van der Waals surface area contributed by atoms with Gasteiger partial charge in [-0.3, -0.25) is 4.79 Å². The van der Waals surface area contributed by atoms with Crippen molar-refractivity contribution in [3.63, 3.8) is 0 Å². The molecule has 0 bridgehead atoms. The van der Waals surface area contributed by atoms with E-state index in [1.807, 2.05) is 44.2 Å². The Morgan fingerprint density at radius 2 is 1.80 bits per heavy atom. The molecule has 2 heterocycles. The van der Waals surface area contributed by atoms with Gasteiger partial charge in [-0.15, -0.1) is 0 Å². The second-order valence-electron chi connectivity index (χ2n) is 7.62. The zero-order valence-electron chi connectivity index (χ0n) is 15.0. The lowest BCUT2D eigenvalue weighted by Crippen LogP contribution is -2.62. The third kappa shape index (κ3) is 3.60. The van der Waals surface area contributed by atoms with Crippen LogP contribution in [0.4, 0.5) is 0 Å². The van der Waals surface area contributed by atoms with Crippen LogP contribution in [0.1, 0.15) is 32.3 Å². The molecule has 25 heavy (non-hydrogen) atoms. The van der Waals surface area contributed by atoms with Crippen molar-refractivity contribution < 1.29 is 17.9 Å². The van der Waals surface area contributed by atoms with Crippen molar-refractivity contribution in [2.45, 2.75) is 37.4 Å². The van der Waals surface area contributed by atoms with E-state index in [1.54, 1.807) is 4.90 Å². The van der Waals surface area contributed by atoms with Gasteiger partial charge in [0, 0.05) is 26.3 Å². The summed E-state index contributed by atoms with van der Waals surface area (Å²) >= 11 is 0. The average molecular weight is 365 g/mol. The molecule has 0 saturated carbocycles. The van der Waals surface area contributed by atoms with Gasteiger partial charge < -0.3 is 9.64 Å². The van der Waals surface area contributed by atoms with E-state index in [4.69, 9.17) is 4.74 Å². The van der Waals surface area contributed by atoms with Gasteiger partial charge in [0.1, 0.15) is 0 Å². The van der Waals surface area contributed by atoms with Crippen LogP contribution in [0.2, 0.25) is 0 Å². The summed E-state index contributed by atoms with van der Waals surface area (Å²) in [6.45, 7) is 5.58. The Kier molecular flexibility index (Phi) is 5.21. The third-order valence-electron chi connectivity index (χ3n) is 5.29. The lowest BCUT2D eigenvalue weighted by molar-refractivity contribution is -0.144. The number of likely N-dealkylation sites (tertiary alicyclic amines) is 1. The van der Waals surface area contributed by atoms with E-state index in [1.165, 1.54) is 0 Å². The molecule has 3 rings (SSSR count). The van der Waals surface area contributed by atoms with E-state index in [9.17, 15) is 13.2 Å². The van der Waals surface area contributed by atoms with E-state index < -0.39 is 20.5 Å². The maximum Gasteiger partial charge on any atom is 0.233 e. The Bertz CT molecular complexity index is 702. The van der Waals surface area contributed by atoms with Crippen molar-refractivity contribution in [2.75, 3.05) is 32.1 Å². The van der Waals surface area contributed by atoms with Gasteiger partial charge in [-0.2, -0.15) is 0 Å². The highest BCUT2D eigenvalue weighted by Crippen LogP contribution is 2.38. The predicted octanol–water partition coefficient (Wildman–Crippen LogP) is 2.02. The zero-order valence-corrected chi connectivity index (χ0v) is 15.8. The molecule has 1 aromatic carbocycles. The van der Waals surface area contributed by atoms with Crippen LogP contribution in [0.5, 0.6) is 0 Å².